The average molecular weight is 489 g/mol. The molecule has 0 unspecified atom stereocenters. The highest BCUT2D eigenvalue weighted by Crippen LogP contribution is 2.27. The van der Waals surface area contributed by atoms with Crippen LogP contribution in [0.5, 0.6) is 5.75 Å². The number of hydrogen-bond donors (Lipinski definition) is 2. The molecule has 0 atom stereocenters. The molecule has 0 saturated carbocycles. The molecule has 0 radical (unpaired) electrons. The summed E-state index contributed by atoms with van der Waals surface area (Å²) in [6.07, 6.45) is 5.99. The first-order valence-corrected chi connectivity index (χ1v) is 11.9. The number of aromatic nitrogens is 3. The lowest BCUT2D eigenvalue weighted by molar-refractivity contribution is 0.0823. The summed E-state index contributed by atoms with van der Waals surface area (Å²) >= 11 is 0. The number of piperidine rings is 1. The summed E-state index contributed by atoms with van der Waals surface area (Å²) in [5.41, 5.74) is 1.84. The van der Waals surface area contributed by atoms with Gasteiger partial charge in [-0.1, -0.05) is 18.2 Å². The van der Waals surface area contributed by atoms with Crippen LogP contribution in [0.25, 0.3) is 10.9 Å². The van der Waals surface area contributed by atoms with Crippen LogP contribution < -0.4 is 20.3 Å². The largest absolute Gasteiger partial charge is 0.496 e. The highest BCUT2D eigenvalue weighted by Gasteiger charge is 2.24. The third kappa shape index (κ3) is 5.48. The van der Waals surface area contributed by atoms with Gasteiger partial charge < -0.3 is 29.4 Å². The predicted molar refractivity (Wildman–Crippen MR) is 135 cm³/mol. The van der Waals surface area contributed by atoms with E-state index < -0.39 is 6.09 Å². The SMILES string of the molecule is COc1ccccc1CNc1ncc2c(N3CCC(OC(=O)NCc4ccco4)CC3)nccc2n1. The van der Waals surface area contributed by atoms with Crippen molar-refractivity contribution in [2.45, 2.75) is 32.0 Å². The fourth-order valence-corrected chi connectivity index (χ4v) is 4.25. The van der Waals surface area contributed by atoms with Crippen LogP contribution in [-0.2, 0) is 17.8 Å². The topological polar surface area (TPSA) is 115 Å². The summed E-state index contributed by atoms with van der Waals surface area (Å²) < 4.78 is 16.2. The predicted octanol–water partition coefficient (Wildman–Crippen LogP) is 4.13. The van der Waals surface area contributed by atoms with Crippen LogP contribution in [0.1, 0.15) is 24.2 Å². The quantitative estimate of drug-likeness (QED) is 0.378. The fraction of sp³-hybridized carbons (Fsp3) is 0.308. The van der Waals surface area contributed by atoms with E-state index in [1.807, 2.05) is 30.3 Å². The van der Waals surface area contributed by atoms with E-state index in [4.69, 9.17) is 13.9 Å². The van der Waals surface area contributed by atoms with Crippen LogP contribution >= 0.6 is 0 Å². The van der Waals surface area contributed by atoms with E-state index in [0.29, 0.717) is 37.6 Å². The number of methoxy groups -OCH3 is 1. The average Bonchev–Trinajstić information content (AvgIpc) is 3.45. The molecule has 5 rings (SSSR count). The van der Waals surface area contributed by atoms with Crippen molar-refractivity contribution in [3.8, 4) is 5.75 Å². The minimum Gasteiger partial charge on any atom is -0.496 e. The normalized spacial score (nSPS) is 14.0. The van der Waals surface area contributed by atoms with E-state index in [2.05, 4.69) is 30.5 Å². The molecule has 4 aromatic rings. The number of amides is 1. The van der Waals surface area contributed by atoms with Crippen molar-refractivity contribution in [2.75, 3.05) is 30.4 Å². The van der Waals surface area contributed by atoms with Gasteiger partial charge in [-0.2, -0.15) is 0 Å². The van der Waals surface area contributed by atoms with Crippen LogP contribution in [0.4, 0.5) is 16.6 Å². The van der Waals surface area contributed by atoms with Crippen LogP contribution in [-0.4, -0.2) is 47.3 Å². The second-order valence-electron chi connectivity index (χ2n) is 8.45. The smallest absolute Gasteiger partial charge is 0.407 e. The van der Waals surface area contributed by atoms with Crippen molar-refractivity contribution in [1.29, 1.82) is 0 Å². The minimum absolute atomic E-state index is 0.144. The van der Waals surface area contributed by atoms with E-state index >= 15 is 0 Å². The van der Waals surface area contributed by atoms with Gasteiger partial charge in [0.25, 0.3) is 0 Å². The van der Waals surface area contributed by atoms with Gasteiger partial charge in [-0.25, -0.2) is 19.7 Å². The number of anilines is 2. The van der Waals surface area contributed by atoms with Gasteiger partial charge in [0.05, 0.1) is 30.8 Å². The number of pyridine rings is 1. The standard InChI is InChI=1S/C26H28N6O4/c1-34-23-7-3-2-5-18(23)15-28-25-29-17-21-22(31-25)8-11-27-24(21)32-12-9-19(10-13-32)36-26(33)30-16-20-6-4-14-35-20/h2-8,11,14,17,19H,9-10,12-13,15-16H2,1H3,(H,30,33)(H,28,29,31). The Bertz CT molecular complexity index is 1310. The third-order valence-corrected chi connectivity index (χ3v) is 6.12. The summed E-state index contributed by atoms with van der Waals surface area (Å²) in [5.74, 6) is 2.88. The molecule has 0 aliphatic carbocycles. The van der Waals surface area contributed by atoms with Crippen molar-refractivity contribution >= 4 is 28.8 Å². The Labute approximate surface area is 208 Å². The van der Waals surface area contributed by atoms with Gasteiger partial charge in [-0.3, -0.25) is 0 Å². The Balaban J connectivity index is 1.18. The molecule has 2 N–H and O–H groups in total. The minimum atomic E-state index is -0.435. The van der Waals surface area contributed by atoms with Gasteiger partial charge in [0.15, 0.2) is 0 Å². The molecule has 0 spiro atoms. The monoisotopic (exact) mass is 488 g/mol. The molecule has 0 bridgehead atoms. The molecule has 3 aromatic heterocycles. The number of carbonyl (C=O) groups is 1. The van der Waals surface area contributed by atoms with Crippen LogP contribution in [0, 0.1) is 0 Å². The van der Waals surface area contributed by atoms with E-state index in [-0.39, 0.29) is 6.10 Å². The second kappa shape index (κ2) is 10.9. The fourth-order valence-electron chi connectivity index (χ4n) is 4.25. The maximum Gasteiger partial charge on any atom is 0.407 e. The van der Waals surface area contributed by atoms with Gasteiger partial charge in [-0.05, 0) is 24.3 Å². The Morgan fingerprint density at radius 2 is 1.97 bits per heavy atom. The number of benzene rings is 1. The van der Waals surface area contributed by atoms with E-state index in [1.165, 1.54) is 0 Å². The number of alkyl carbamates (subject to hydrolysis) is 1. The first-order chi connectivity index (χ1) is 17.7. The summed E-state index contributed by atoms with van der Waals surface area (Å²) in [4.78, 5) is 28.1. The molecule has 10 nitrogen and oxygen atoms in total. The first-order valence-electron chi connectivity index (χ1n) is 11.9. The van der Waals surface area contributed by atoms with Gasteiger partial charge >= 0.3 is 6.09 Å². The summed E-state index contributed by atoms with van der Waals surface area (Å²) in [7, 11) is 1.66. The molecule has 1 amide bonds. The first kappa shape index (κ1) is 23.4. The number of hydrogen-bond acceptors (Lipinski definition) is 9. The maximum absolute atomic E-state index is 12.1. The molecule has 1 aliphatic rings. The molecule has 1 aliphatic heterocycles. The Morgan fingerprint density at radius 3 is 2.78 bits per heavy atom. The lowest BCUT2D eigenvalue weighted by Crippen LogP contribution is -2.40. The molecule has 4 heterocycles. The van der Waals surface area contributed by atoms with Gasteiger partial charge in [0.1, 0.15) is 23.4 Å². The molecule has 10 heteroatoms. The van der Waals surface area contributed by atoms with Gasteiger partial charge in [0, 0.05) is 50.4 Å². The van der Waals surface area contributed by atoms with E-state index in [9.17, 15) is 4.79 Å². The summed E-state index contributed by atoms with van der Waals surface area (Å²) in [6, 6.07) is 13.3. The van der Waals surface area contributed by atoms with Crippen molar-refractivity contribution in [3.05, 3.63) is 72.4 Å². The number of furan rings is 1. The number of rotatable bonds is 8. The highest BCUT2D eigenvalue weighted by molar-refractivity contribution is 5.89. The molecule has 1 fully saturated rings. The molecule has 186 valence electrons. The number of nitrogens with one attached hydrogen (secondary N) is 2. The Kier molecular flexibility index (Phi) is 7.11. The third-order valence-electron chi connectivity index (χ3n) is 6.12. The molecule has 1 saturated heterocycles. The van der Waals surface area contributed by atoms with Gasteiger partial charge in [0.2, 0.25) is 5.95 Å². The highest BCUT2D eigenvalue weighted by atomic mass is 16.6. The number of para-hydroxylation sites is 1. The molecular weight excluding hydrogens is 460 g/mol. The molecule has 36 heavy (non-hydrogen) atoms. The summed E-state index contributed by atoms with van der Waals surface area (Å²) in [5, 5.41) is 6.88. The number of ether oxygens (including phenoxy) is 2. The number of fused-ring (bicyclic) bond motifs is 1. The second-order valence-corrected chi connectivity index (χ2v) is 8.45. The zero-order chi connectivity index (χ0) is 24.7. The lowest BCUT2D eigenvalue weighted by Gasteiger charge is -2.32. The number of carbonyl (C=O) groups excluding carboxylic acids is 1. The van der Waals surface area contributed by atoms with Gasteiger partial charge in [-0.15, -0.1) is 0 Å². The molecule has 1 aromatic carbocycles. The Hall–Kier alpha value is -4.34. The van der Waals surface area contributed by atoms with Crippen LogP contribution in [0.3, 0.4) is 0 Å². The number of nitrogens with zero attached hydrogens (tertiary/aromatic N) is 4. The summed E-state index contributed by atoms with van der Waals surface area (Å²) in [6.45, 7) is 2.29. The zero-order valence-electron chi connectivity index (χ0n) is 20.0. The van der Waals surface area contributed by atoms with E-state index in [0.717, 1.165) is 41.1 Å². The maximum atomic E-state index is 12.1. The van der Waals surface area contributed by atoms with Crippen molar-refractivity contribution in [1.82, 2.24) is 20.3 Å². The Morgan fingerprint density at radius 1 is 1.11 bits per heavy atom. The van der Waals surface area contributed by atoms with Crippen molar-refractivity contribution in [3.63, 3.8) is 0 Å². The van der Waals surface area contributed by atoms with Crippen LogP contribution in [0.2, 0.25) is 0 Å². The van der Waals surface area contributed by atoms with E-state index in [1.54, 1.807) is 37.9 Å². The van der Waals surface area contributed by atoms with Crippen molar-refractivity contribution < 1.29 is 18.7 Å². The van der Waals surface area contributed by atoms with Crippen molar-refractivity contribution in [2.24, 2.45) is 0 Å². The zero-order valence-corrected chi connectivity index (χ0v) is 20.0. The lowest BCUT2D eigenvalue weighted by atomic mass is 10.1. The molecular formula is C26H28N6O4. The van der Waals surface area contributed by atoms with Crippen LogP contribution in [0.15, 0.2) is 65.5 Å².